The van der Waals surface area contributed by atoms with E-state index in [1.165, 1.54) is 0 Å². The lowest BCUT2D eigenvalue weighted by atomic mass is 10.0. The van der Waals surface area contributed by atoms with Crippen molar-refractivity contribution in [1.82, 2.24) is 9.88 Å². The van der Waals surface area contributed by atoms with Crippen molar-refractivity contribution in [2.24, 2.45) is 4.99 Å². The van der Waals surface area contributed by atoms with Gasteiger partial charge in [-0.1, -0.05) is 24.8 Å². The summed E-state index contributed by atoms with van der Waals surface area (Å²) < 4.78 is 11.9. The third kappa shape index (κ3) is 3.42. The molecule has 29 heavy (non-hydrogen) atoms. The fourth-order valence-electron chi connectivity index (χ4n) is 3.97. The summed E-state index contributed by atoms with van der Waals surface area (Å²) >= 11 is 1.83. The van der Waals surface area contributed by atoms with Crippen molar-refractivity contribution >= 4 is 16.9 Å². The zero-order valence-corrected chi connectivity index (χ0v) is 17.3. The van der Waals surface area contributed by atoms with Gasteiger partial charge in [-0.25, -0.2) is 4.99 Å². The first kappa shape index (κ1) is 18.3. The number of rotatable bonds is 5. The Bertz CT molecular complexity index is 1020. The first-order valence-electron chi connectivity index (χ1n) is 9.98. The second-order valence-corrected chi connectivity index (χ2v) is 8.70. The maximum Gasteiger partial charge on any atom is 0.161 e. The molecule has 5 rings (SSSR count). The molecule has 4 heterocycles. The third-order valence-electron chi connectivity index (χ3n) is 5.25. The zero-order chi connectivity index (χ0) is 19.8. The lowest BCUT2D eigenvalue weighted by Gasteiger charge is -2.25. The summed E-state index contributed by atoms with van der Waals surface area (Å²) in [6.45, 7) is 5.86. The molecular formula is C23H23N3O2S. The van der Waals surface area contributed by atoms with E-state index in [-0.39, 0.29) is 12.1 Å². The van der Waals surface area contributed by atoms with E-state index in [9.17, 15) is 0 Å². The molecule has 0 amide bonds. The van der Waals surface area contributed by atoms with Gasteiger partial charge in [-0.15, -0.1) is 0 Å². The Hall–Kier alpha value is -2.73. The molecule has 1 fully saturated rings. The molecule has 3 aromatic rings. The van der Waals surface area contributed by atoms with Crippen LogP contribution in [0, 0.1) is 0 Å². The third-order valence-corrected chi connectivity index (χ3v) is 6.35. The van der Waals surface area contributed by atoms with Crippen LogP contribution in [-0.2, 0) is 0 Å². The number of aliphatic imine (C=N–C) groups is 1. The van der Waals surface area contributed by atoms with E-state index in [1.807, 2.05) is 73.4 Å². The summed E-state index contributed by atoms with van der Waals surface area (Å²) in [5.41, 5.74) is 2.02. The maximum absolute atomic E-state index is 6.36. The van der Waals surface area contributed by atoms with Crippen LogP contribution in [0.25, 0.3) is 11.3 Å². The predicted molar refractivity (Wildman–Crippen MR) is 116 cm³/mol. The quantitative estimate of drug-likeness (QED) is 0.574. The van der Waals surface area contributed by atoms with Gasteiger partial charge in [0.2, 0.25) is 0 Å². The average Bonchev–Trinajstić information content (AvgIpc) is 3.43. The molecule has 2 aliphatic rings. The molecule has 3 atom stereocenters. The van der Waals surface area contributed by atoms with Crippen LogP contribution < -0.4 is 4.74 Å². The van der Waals surface area contributed by atoms with E-state index in [0.717, 1.165) is 40.2 Å². The van der Waals surface area contributed by atoms with Gasteiger partial charge in [-0.05, 0) is 55.5 Å². The highest BCUT2D eigenvalue weighted by Crippen LogP contribution is 2.48. The summed E-state index contributed by atoms with van der Waals surface area (Å²) in [5.74, 6) is 2.66. The van der Waals surface area contributed by atoms with Crippen LogP contribution in [0.1, 0.15) is 37.4 Å². The number of pyridine rings is 1. The van der Waals surface area contributed by atoms with E-state index in [2.05, 4.69) is 22.9 Å². The molecule has 5 nitrogen and oxygen atoms in total. The monoisotopic (exact) mass is 405 g/mol. The second-order valence-electron chi connectivity index (χ2n) is 7.30. The van der Waals surface area contributed by atoms with E-state index in [4.69, 9.17) is 14.1 Å². The molecule has 0 saturated carbocycles. The number of fused-ring (bicyclic) bond motifs is 1. The molecule has 2 aromatic heterocycles. The van der Waals surface area contributed by atoms with E-state index >= 15 is 0 Å². The fourth-order valence-corrected chi connectivity index (χ4v) is 5.07. The Kier molecular flexibility index (Phi) is 4.79. The van der Waals surface area contributed by atoms with Crippen molar-refractivity contribution in [3.05, 3.63) is 72.2 Å². The van der Waals surface area contributed by atoms with Crippen molar-refractivity contribution in [3.63, 3.8) is 0 Å². The highest BCUT2D eigenvalue weighted by molar-refractivity contribution is 8.14. The van der Waals surface area contributed by atoms with Gasteiger partial charge in [-0.3, -0.25) is 4.98 Å². The molecule has 0 spiro atoms. The lowest BCUT2D eigenvalue weighted by molar-refractivity contribution is 0.277. The van der Waals surface area contributed by atoms with Crippen LogP contribution >= 0.6 is 11.8 Å². The number of benzene rings is 1. The van der Waals surface area contributed by atoms with Crippen LogP contribution in [0.2, 0.25) is 0 Å². The van der Waals surface area contributed by atoms with Gasteiger partial charge in [0.25, 0.3) is 0 Å². The van der Waals surface area contributed by atoms with Crippen LogP contribution in [0.5, 0.6) is 5.75 Å². The molecule has 0 radical (unpaired) electrons. The number of nitrogens with zero attached hydrogens (tertiary/aromatic N) is 3. The fraction of sp³-hybridized carbons (Fsp3) is 0.304. The molecule has 6 heteroatoms. The lowest BCUT2D eigenvalue weighted by Crippen LogP contribution is -2.28. The zero-order valence-electron chi connectivity index (χ0n) is 16.5. The molecule has 2 aliphatic heterocycles. The maximum atomic E-state index is 6.36. The van der Waals surface area contributed by atoms with Crippen LogP contribution in [0.3, 0.4) is 0 Å². The van der Waals surface area contributed by atoms with Crippen molar-refractivity contribution in [3.8, 4) is 17.1 Å². The van der Waals surface area contributed by atoms with Crippen LogP contribution in [-0.4, -0.2) is 33.5 Å². The topological polar surface area (TPSA) is 50.9 Å². The predicted octanol–water partition coefficient (Wildman–Crippen LogP) is 5.33. The van der Waals surface area contributed by atoms with E-state index in [1.54, 1.807) is 0 Å². The highest BCUT2D eigenvalue weighted by atomic mass is 32.2. The van der Waals surface area contributed by atoms with Gasteiger partial charge >= 0.3 is 0 Å². The van der Waals surface area contributed by atoms with Gasteiger partial charge in [0, 0.05) is 23.6 Å². The van der Waals surface area contributed by atoms with Gasteiger partial charge in [0.05, 0.1) is 12.3 Å². The molecule has 1 aromatic carbocycles. The van der Waals surface area contributed by atoms with Gasteiger partial charge in [-0.2, -0.15) is 0 Å². The minimum Gasteiger partial charge on any atom is -0.494 e. The minimum absolute atomic E-state index is 0.0359. The van der Waals surface area contributed by atoms with Crippen molar-refractivity contribution in [2.75, 3.05) is 13.2 Å². The summed E-state index contributed by atoms with van der Waals surface area (Å²) in [6.07, 6.45) is 1.83. The number of amidine groups is 1. The number of hydrogen-bond donors (Lipinski definition) is 0. The summed E-state index contributed by atoms with van der Waals surface area (Å²) in [7, 11) is 0. The SMILES string of the molecule is CCOc1ccc(-c2ccc([C@@H]3[C@H](c4ccccn4)N=C4S[C@@H](C)CN43)o2)cc1. The first-order chi connectivity index (χ1) is 14.2. The van der Waals surface area contributed by atoms with Gasteiger partial charge in [0.15, 0.2) is 5.17 Å². The van der Waals surface area contributed by atoms with Crippen molar-refractivity contribution in [1.29, 1.82) is 0 Å². The number of furan rings is 1. The molecule has 148 valence electrons. The largest absolute Gasteiger partial charge is 0.494 e. The Balaban J connectivity index is 1.47. The molecule has 0 unspecified atom stereocenters. The Labute approximate surface area is 174 Å². The summed E-state index contributed by atoms with van der Waals surface area (Å²) in [4.78, 5) is 12.0. The standard InChI is InChI=1S/C23H23N3O2S/c1-3-27-17-9-7-16(8-10-17)19-11-12-20(28-19)22-21(18-6-4-5-13-24-18)25-23-26(22)14-15(2)29-23/h4-13,15,21-22H,3,14H2,1-2H3/t15-,21-,22+/m0/s1. The number of aromatic nitrogens is 1. The minimum atomic E-state index is -0.0504. The molecule has 0 aliphatic carbocycles. The van der Waals surface area contributed by atoms with Gasteiger partial charge < -0.3 is 14.1 Å². The Morgan fingerprint density at radius 2 is 2.00 bits per heavy atom. The summed E-state index contributed by atoms with van der Waals surface area (Å²) in [5, 5.41) is 1.62. The van der Waals surface area contributed by atoms with Crippen molar-refractivity contribution in [2.45, 2.75) is 31.2 Å². The molecule has 1 saturated heterocycles. The van der Waals surface area contributed by atoms with Crippen LogP contribution in [0.4, 0.5) is 0 Å². The first-order valence-corrected chi connectivity index (χ1v) is 10.9. The number of thioether (sulfide) groups is 1. The summed E-state index contributed by atoms with van der Waals surface area (Å²) in [6, 6.07) is 18.2. The van der Waals surface area contributed by atoms with Crippen LogP contribution in [0.15, 0.2) is 70.2 Å². The molecule has 0 bridgehead atoms. The molecule has 0 N–H and O–H groups in total. The van der Waals surface area contributed by atoms with E-state index < -0.39 is 0 Å². The molecular weight excluding hydrogens is 382 g/mol. The normalized spacial score (nSPS) is 23.2. The number of hydrogen-bond acceptors (Lipinski definition) is 6. The van der Waals surface area contributed by atoms with E-state index in [0.29, 0.717) is 11.9 Å². The Morgan fingerprint density at radius 3 is 2.76 bits per heavy atom. The average molecular weight is 406 g/mol. The van der Waals surface area contributed by atoms with Gasteiger partial charge in [0.1, 0.15) is 29.4 Å². The van der Waals surface area contributed by atoms with Crippen molar-refractivity contribution < 1.29 is 9.15 Å². The number of ether oxygens (including phenoxy) is 1. The highest BCUT2D eigenvalue weighted by Gasteiger charge is 2.45. The second kappa shape index (κ2) is 7.59. The smallest absolute Gasteiger partial charge is 0.161 e. The Morgan fingerprint density at radius 1 is 1.14 bits per heavy atom.